The van der Waals surface area contributed by atoms with Gasteiger partial charge in [-0.15, -0.1) is 0 Å². The minimum atomic E-state index is -1.22. The lowest BCUT2D eigenvalue weighted by molar-refractivity contribution is -0.131. The van der Waals surface area contributed by atoms with Crippen molar-refractivity contribution in [2.24, 2.45) is 0 Å². The van der Waals surface area contributed by atoms with Crippen LogP contribution in [0.2, 0.25) is 0 Å². The number of amides is 2. The number of nitrogens with zero attached hydrogens (tertiary/aromatic N) is 1. The summed E-state index contributed by atoms with van der Waals surface area (Å²) >= 11 is 0. The maximum absolute atomic E-state index is 13.9. The highest BCUT2D eigenvalue weighted by molar-refractivity contribution is 6.10. The number of aromatic nitrogens is 1. The van der Waals surface area contributed by atoms with Gasteiger partial charge in [-0.2, -0.15) is 0 Å². The van der Waals surface area contributed by atoms with E-state index in [1.165, 1.54) is 0 Å². The van der Waals surface area contributed by atoms with Gasteiger partial charge in [0.25, 0.3) is 5.91 Å². The normalized spacial score (nSPS) is 11.7. The number of rotatable bonds is 11. The number of carboxylic acids is 1. The minimum Gasteiger partial charge on any atom is -0.489 e. The number of benzene rings is 3. The molecule has 198 valence electrons. The highest BCUT2D eigenvalue weighted by atomic mass is 16.5. The van der Waals surface area contributed by atoms with E-state index in [0.717, 1.165) is 23.3 Å². The summed E-state index contributed by atoms with van der Waals surface area (Å²) in [4.78, 5) is 41.3. The van der Waals surface area contributed by atoms with Gasteiger partial charge >= 0.3 is 5.97 Å². The Morgan fingerprint density at radius 3 is 2.28 bits per heavy atom. The van der Waals surface area contributed by atoms with Crippen LogP contribution in [0.1, 0.15) is 35.3 Å². The maximum atomic E-state index is 13.9. The van der Waals surface area contributed by atoms with Crippen LogP contribution in [0, 0.1) is 0 Å². The molecule has 3 N–H and O–H groups in total. The average molecular weight is 524 g/mol. The Labute approximate surface area is 226 Å². The van der Waals surface area contributed by atoms with E-state index in [1.807, 2.05) is 91.9 Å². The molecule has 8 nitrogen and oxygen atoms in total. The number of para-hydroxylation sites is 1. The Morgan fingerprint density at radius 1 is 0.923 bits per heavy atom. The summed E-state index contributed by atoms with van der Waals surface area (Å²) in [6, 6.07) is 26.4. The summed E-state index contributed by atoms with van der Waals surface area (Å²) < 4.78 is 6.17. The van der Waals surface area contributed by atoms with Gasteiger partial charge < -0.3 is 20.5 Å². The Kier molecular flexibility index (Phi) is 9.03. The van der Waals surface area contributed by atoms with Gasteiger partial charge in [-0.05, 0) is 18.1 Å². The van der Waals surface area contributed by atoms with E-state index in [0.29, 0.717) is 34.3 Å². The van der Waals surface area contributed by atoms with Crippen molar-refractivity contribution in [2.75, 3.05) is 13.2 Å². The molecular formula is C31H29N3O5. The van der Waals surface area contributed by atoms with Crippen LogP contribution in [0.25, 0.3) is 22.2 Å². The van der Waals surface area contributed by atoms with E-state index in [-0.39, 0.29) is 25.1 Å². The molecule has 0 aliphatic rings. The zero-order chi connectivity index (χ0) is 27.6. The predicted octanol–water partition coefficient (Wildman–Crippen LogP) is 4.92. The number of carbonyl (C=O) groups excluding carboxylic acids is 2. The number of fused-ring (bicyclic) bond motifs is 1. The lowest BCUT2D eigenvalue weighted by Gasteiger charge is -2.21. The molecule has 3 aromatic carbocycles. The molecule has 4 aromatic rings. The number of hydrogen-bond donors (Lipinski definition) is 3. The first-order chi connectivity index (χ1) is 19.0. The van der Waals surface area contributed by atoms with Crippen molar-refractivity contribution in [3.63, 3.8) is 0 Å². The summed E-state index contributed by atoms with van der Waals surface area (Å²) in [5.41, 5.74) is 3.27. The van der Waals surface area contributed by atoms with Gasteiger partial charge in [-0.3, -0.25) is 9.59 Å². The fourth-order valence-electron chi connectivity index (χ4n) is 4.22. The average Bonchev–Trinajstić information content (AvgIpc) is 2.97. The second kappa shape index (κ2) is 13.0. The first-order valence-electron chi connectivity index (χ1n) is 12.6. The molecule has 0 fully saturated rings. The third-order valence-electron chi connectivity index (χ3n) is 6.06. The molecule has 39 heavy (non-hydrogen) atoms. The van der Waals surface area contributed by atoms with Gasteiger partial charge in [0.2, 0.25) is 5.91 Å². The number of nitrogens with one attached hydrogen (secondary N) is 2. The SMILES string of the molecule is CC[C@H](NC(=O)c1c(OCCNC(=O)/C=C/C(=O)O)c(-c2ccccc2)nc2ccccc12)c1ccccc1. The van der Waals surface area contributed by atoms with Crippen molar-refractivity contribution >= 4 is 28.7 Å². The van der Waals surface area contributed by atoms with E-state index in [2.05, 4.69) is 10.6 Å². The summed E-state index contributed by atoms with van der Waals surface area (Å²) in [6.07, 6.45) is 2.38. The summed E-state index contributed by atoms with van der Waals surface area (Å²) in [5.74, 6) is -1.78. The van der Waals surface area contributed by atoms with Crippen molar-refractivity contribution < 1.29 is 24.2 Å². The Hall–Kier alpha value is -4.98. The van der Waals surface area contributed by atoms with Crippen molar-refractivity contribution in [1.29, 1.82) is 0 Å². The van der Waals surface area contributed by atoms with Gasteiger partial charge in [0, 0.05) is 23.1 Å². The van der Waals surface area contributed by atoms with Crippen LogP contribution in [0.15, 0.2) is 97.1 Å². The molecule has 0 saturated carbocycles. The molecule has 1 atom stereocenters. The van der Waals surface area contributed by atoms with Gasteiger partial charge in [-0.1, -0.05) is 85.8 Å². The molecule has 1 heterocycles. The quantitative estimate of drug-likeness (QED) is 0.190. The van der Waals surface area contributed by atoms with Crippen LogP contribution in [0.3, 0.4) is 0 Å². The molecule has 0 radical (unpaired) electrons. The number of aliphatic carboxylic acids is 1. The van der Waals surface area contributed by atoms with Gasteiger partial charge in [-0.25, -0.2) is 9.78 Å². The van der Waals surface area contributed by atoms with Crippen LogP contribution in [0.5, 0.6) is 5.75 Å². The van der Waals surface area contributed by atoms with Gasteiger partial charge in [0.15, 0.2) is 5.75 Å². The standard InChI is InChI=1S/C31H29N3O5/c1-2-24(21-11-5-3-6-12-21)34-31(38)28-23-15-9-10-16-25(23)33-29(22-13-7-4-8-14-22)30(28)39-20-19-32-26(35)17-18-27(36)37/h3-18,24H,2,19-20H2,1H3,(H,32,35)(H,34,38)(H,36,37)/b18-17+/t24-/m0/s1. The van der Waals surface area contributed by atoms with Crippen LogP contribution in [0.4, 0.5) is 0 Å². The van der Waals surface area contributed by atoms with Crippen molar-refractivity contribution in [3.8, 4) is 17.0 Å². The topological polar surface area (TPSA) is 118 Å². The van der Waals surface area contributed by atoms with Crippen LogP contribution in [-0.2, 0) is 9.59 Å². The van der Waals surface area contributed by atoms with Crippen LogP contribution < -0.4 is 15.4 Å². The molecule has 8 heteroatoms. The molecule has 2 amide bonds. The molecule has 0 unspecified atom stereocenters. The van der Waals surface area contributed by atoms with Gasteiger partial charge in [0.05, 0.1) is 23.7 Å². The second-order valence-corrected chi connectivity index (χ2v) is 8.70. The number of carboxylic acid groups (broad SMARTS) is 1. The molecule has 0 aliphatic heterocycles. The Morgan fingerprint density at radius 2 is 1.59 bits per heavy atom. The monoisotopic (exact) mass is 523 g/mol. The maximum Gasteiger partial charge on any atom is 0.328 e. The van der Waals surface area contributed by atoms with Crippen LogP contribution in [-0.4, -0.2) is 41.0 Å². The Bertz CT molecular complexity index is 1490. The lowest BCUT2D eigenvalue weighted by Crippen LogP contribution is -2.30. The number of ether oxygens (including phenoxy) is 1. The van der Waals surface area contributed by atoms with E-state index >= 15 is 0 Å². The van der Waals surface area contributed by atoms with Crippen molar-refractivity contribution in [3.05, 3.63) is 108 Å². The number of pyridine rings is 1. The summed E-state index contributed by atoms with van der Waals surface area (Å²) in [7, 11) is 0. The zero-order valence-corrected chi connectivity index (χ0v) is 21.5. The van der Waals surface area contributed by atoms with Crippen molar-refractivity contribution in [2.45, 2.75) is 19.4 Å². The van der Waals surface area contributed by atoms with Crippen LogP contribution >= 0.6 is 0 Å². The Balaban J connectivity index is 1.72. The fourth-order valence-corrected chi connectivity index (χ4v) is 4.22. The first-order valence-corrected chi connectivity index (χ1v) is 12.6. The zero-order valence-electron chi connectivity index (χ0n) is 21.5. The molecule has 1 aromatic heterocycles. The van der Waals surface area contributed by atoms with E-state index < -0.39 is 11.9 Å². The summed E-state index contributed by atoms with van der Waals surface area (Å²) in [5, 5.41) is 15.1. The third kappa shape index (κ3) is 6.87. The molecule has 0 saturated heterocycles. The molecule has 0 bridgehead atoms. The molecular weight excluding hydrogens is 494 g/mol. The summed E-state index contributed by atoms with van der Waals surface area (Å²) in [6.45, 7) is 2.13. The lowest BCUT2D eigenvalue weighted by atomic mass is 10.00. The smallest absolute Gasteiger partial charge is 0.328 e. The van der Waals surface area contributed by atoms with E-state index in [4.69, 9.17) is 14.8 Å². The minimum absolute atomic E-state index is 0.0304. The second-order valence-electron chi connectivity index (χ2n) is 8.70. The molecule has 0 aliphatic carbocycles. The van der Waals surface area contributed by atoms with Crippen molar-refractivity contribution in [1.82, 2.24) is 15.6 Å². The number of hydrogen-bond acceptors (Lipinski definition) is 5. The van der Waals surface area contributed by atoms with E-state index in [9.17, 15) is 14.4 Å². The number of carbonyl (C=O) groups is 3. The highest BCUT2D eigenvalue weighted by Gasteiger charge is 2.25. The largest absolute Gasteiger partial charge is 0.489 e. The highest BCUT2D eigenvalue weighted by Crippen LogP contribution is 2.37. The van der Waals surface area contributed by atoms with E-state index in [1.54, 1.807) is 0 Å². The third-order valence-corrected chi connectivity index (χ3v) is 6.06. The molecule has 4 rings (SSSR count). The van der Waals surface area contributed by atoms with Gasteiger partial charge in [0.1, 0.15) is 12.3 Å². The predicted molar refractivity (Wildman–Crippen MR) is 149 cm³/mol. The fraction of sp³-hybridized carbons (Fsp3) is 0.161. The molecule has 0 spiro atoms. The first kappa shape index (κ1) is 27.1.